The van der Waals surface area contributed by atoms with Crippen molar-refractivity contribution in [3.05, 3.63) is 94.9 Å². The lowest BCUT2D eigenvalue weighted by molar-refractivity contribution is 0.101. The molecule has 0 aliphatic heterocycles. The Morgan fingerprint density at radius 2 is 1.74 bits per heavy atom. The standard InChI is InChI=1S/C23H18ClN5O2/c1-14-3-2-4-15(11-14)22(30)28-16-5-7-19(24)18(12-16)23(31)29-17-6-8-20(27-13-17)21-25-9-10-26-21/h2-13H,1H3,(H,25,26)(H,28,30)(H,29,31). The maximum absolute atomic E-state index is 12.7. The van der Waals surface area contributed by atoms with Crippen LogP contribution in [0.1, 0.15) is 26.3 Å². The van der Waals surface area contributed by atoms with Crippen LogP contribution in [-0.4, -0.2) is 26.8 Å². The summed E-state index contributed by atoms with van der Waals surface area (Å²) in [6, 6.07) is 15.5. The van der Waals surface area contributed by atoms with Crippen molar-refractivity contribution in [1.82, 2.24) is 15.0 Å². The molecule has 0 aliphatic rings. The molecule has 0 unspecified atom stereocenters. The number of halogens is 1. The molecule has 0 atom stereocenters. The van der Waals surface area contributed by atoms with Gasteiger partial charge in [-0.25, -0.2) is 4.98 Å². The summed E-state index contributed by atoms with van der Waals surface area (Å²) in [5.74, 6) is -0.0442. The molecule has 0 saturated carbocycles. The fraction of sp³-hybridized carbons (Fsp3) is 0.0435. The number of hydrogen-bond donors (Lipinski definition) is 3. The summed E-state index contributed by atoms with van der Waals surface area (Å²) in [5.41, 5.74) is 3.37. The number of rotatable bonds is 5. The Morgan fingerprint density at radius 1 is 0.935 bits per heavy atom. The van der Waals surface area contributed by atoms with E-state index in [0.717, 1.165) is 5.56 Å². The molecule has 3 N–H and O–H groups in total. The molecule has 2 aromatic heterocycles. The first-order valence-corrected chi connectivity index (χ1v) is 9.82. The summed E-state index contributed by atoms with van der Waals surface area (Å²) in [4.78, 5) is 36.6. The van der Waals surface area contributed by atoms with Crippen LogP contribution in [0.25, 0.3) is 11.5 Å². The minimum absolute atomic E-state index is 0.235. The summed E-state index contributed by atoms with van der Waals surface area (Å²) >= 11 is 6.22. The van der Waals surface area contributed by atoms with Crippen molar-refractivity contribution in [2.24, 2.45) is 0 Å². The summed E-state index contributed by atoms with van der Waals surface area (Å²) in [5, 5.41) is 5.83. The number of anilines is 2. The lowest BCUT2D eigenvalue weighted by Crippen LogP contribution is -2.15. The number of nitrogens with zero attached hydrogens (tertiary/aromatic N) is 2. The van der Waals surface area contributed by atoms with E-state index in [9.17, 15) is 9.59 Å². The van der Waals surface area contributed by atoms with Gasteiger partial charge < -0.3 is 15.6 Å². The van der Waals surface area contributed by atoms with Gasteiger partial charge in [0.1, 0.15) is 5.69 Å². The smallest absolute Gasteiger partial charge is 0.257 e. The number of aryl methyl sites for hydroxylation is 1. The monoisotopic (exact) mass is 431 g/mol. The number of carbonyl (C=O) groups excluding carboxylic acids is 2. The maximum atomic E-state index is 12.7. The number of benzene rings is 2. The van der Waals surface area contributed by atoms with E-state index in [1.54, 1.807) is 48.8 Å². The third-order valence-corrected chi connectivity index (χ3v) is 4.84. The second-order valence-electron chi connectivity index (χ2n) is 6.84. The molecule has 4 aromatic rings. The number of aromatic amines is 1. The molecule has 0 saturated heterocycles. The van der Waals surface area contributed by atoms with Gasteiger partial charge in [-0.1, -0.05) is 29.3 Å². The number of nitrogens with one attached hydrogen (secondary N) is 3. The first-order chi connectivity index (χ1) is 15.0. The molecular weight excluding hydrogens is 414 g/mol. The van der Waals surface area contributed by atoms with E-state index in [2.05, 4.69) is 25.6 Å². The first-order valence-electron chi connectivity index (χ1n) is 9.44. The number of aromatic nitrogens is 3. The fourth-order valence-electron chi connectivity index (χ4n) is 2.98. The van der Waals surface area contributed by atoms with E-state index in [1.807, 2.05) is 19.1 Å². The van der Waals surface area contributed by atoms with Crippen LogP contribution in [0, 0.1) is 6.92 Å². The highest BCUT2D eigenvalue weighted by atomic mass is 35.5. The average molecular weight is 432 g/mol. The molecule has 2 aromatic carbocycles. The van der Waals surface area contributed by atoms with E-state index in [4.69, 9.17) is 11.6 Å². The molecule has 7 nitrogen and oxygen atoms in total. The van der Waals surface area contributed by atoms with Crippen LogP contribution in [0.2, 0.25) is 5.02 Å². The predicted octanol–water partition coefficient (Wildman–Crippen LogP) is 4.94. The Labute approximate surface area is 183 Å². The van der Waals surface area contributed by atoms with E-state index in [1.165, 1.54) is 12.3 Å². The molecule has 0 aliphatic carbocycles. The SMILES string of the molecule is Cc1cccc(C(=O)Nc2ccc(Cl)c(C(=O)Nc3ccc(-c4ncc[nH]4)nc3)c2)c1. The van der Waals surface area contributed by atoms with Gasteiger partial charge in [0.15, 0.2) is 5.82 Å². The van der Waals surface area contributed by atoms with Crippen LogP contribution in [0.5, 0.6) is 0 Å². The van der Waals surface area contributed by atoms with Crippen molar-refractivity contribution in [3.63, 3.8) is 0 Å². The molecular formula is C23H18ClN5O2. The molecule has 2 heterocycles. The van der Waals surface area contributed by atoms with Crippen LogP contribution in [0.15, 0.2) is 73.2 Å². The number of H-pyrrole nitrogens is 1. The Morgan fingerprint density at radius 3 is 2.45 bits per heavy atom. The van der Waals surface area contributed by atoms with Gasteiger partial charge in [0, 0.05) is 23.6 Å². The average Bonchev–Trinajstić information content (AvgIpc) is 3.30. The van der Waals surface area contributed by atoms with Crippen molar-refractivity contribution in [1.29, 1.82) is 0 Å². The molecule has 0 fully saturated rings. The topological polar surface area (TPSA) is 99.8 Å². The van der Waals surface area contributed by atoms with Crippen LogP contribution >= 0.6 is 11.6 Å². The van der Waals surface area contributed by atoms with Crippen LogP contribution in [-0.2, 0) is 0 Å². The van der Waals surface area contributed by atoms with Gasteiger partial charge in [-0.2, -0.15) is 0 Å². The number of hydrogen-bond acceptors (Lipinski definition) is 4. The molecule has 154 valence electrons. The van der Waals surface area contributed by atoms with Gasteiger partial charge in [0.05, 0.1) is 22.5 Å². The number of imidazole rings is 1. The van der Waals surface area contributed by atoms with Gasteiger partial charge in [-0.3, -0.25) is 14.6 Å². The number of amides is 2. The van der Waals surface area contributed by atoms with Crippen molar-refractivity contribution in [2.45, 2.75) is 6.92 Å². The molecule has 2 amide bonds. The van der Waals surface area contributed by atoms with Gasteiger partial charge in [-0.15, -0.1) is 0 Å². The fourth-order valence-corrected chi connectivity index (χ4v) is 3.18. The summed E-state index contributed by atoms with van der Waals surface area (Å²) in [6.45, 7) is 1.91. The molecule has 31 heavy (non-hydrogen) atoms. The Kier molecular flexibility index (Phi) is 5.77. The van der Waals surface area contributed by atoms with E-state index in [-0.39, 0.29) is 16.5 Å². The minimum atomic E-state index is -0.413. The largest absolute Gasteiger partial charge is 0.343 e. The lowest BCUT2D eigenvalue weighted by atomic mass is 10.1. The van der Waals surface area contributed by atoms with Crippen molar-refractivity contribution >= 4 is 34.8 Å². The normalized spacial score (nSPS) is 10.5. The Hall–Kier alpha value is -3.97. The Balaban J connectivity index is 1.48. The van der Waals surface area contributed by atoms with E-state index in [0.29, 0.717) is 28.5 Å². The molecule has 0 spiro atoms. The van der Waals surface area contributed by atoms with Gasteiger partial charge in [0.25, 0.3) is 11.8 Å². The van der Waals surface area contributed by atoms with Crippen molar-refractivity contribution in [3.8, 4) is 11.5 Å². The number of pyridine rings is 1. The number of carbonyl (C=O) groups is 2. The van der Waals surface area contributed by atoms with Gasteiger partial charge in [0.2, 0.25) is 0 Å². The molecule has 0 bridgehead atoms. The highest BCUT2D eigenvalue weighted by Crippen LogP contribution is 2.23. The van der Waals surface area contributed by atoms with E-state index >= 15 is 0 Å². The molecule has 0 radical (unpaired) electrons. The second-order valence-corrected chi connectivity index (χ2v) is 7.25. The summed E-state index contributed by atoms with van der Waals surface area (Å²) < 4.78 is 0. The lowest BCUT2D eigenvalue weighted by Gasteiger charge is -2.10. The second kappa shape index (κ2) is 8.81. The highest BCUT2D eigenvalue weighted by molar-refractivity contribution is 6.34. The Bertz CT molecular complexity index is 1240. The van der Waals surface area contributed by atoms with Crippen LogP contribution in [0.4, 0.5) is 11.4 Å². The molecule has 8 heteroatoms. The highest BCUT2D eigenvalue weighted by Gasteiger charge is 2.14. The summed E-state index contributed by atoms with van der Waals surface area (Å²) in [6.07, 6.45) is 4.88. The third kappa shape index (κ3) is 4.79. The van der Waals surface area contributed by atoms with Crippen LogP contribution in [0.3, 0.4) is 0 Å². The predicted molar refractivity (Wildman–Crippen MR) is 120 cm³/mol. The zero-order valence-corrected chi connectivity index (χ0v) is 17.3. The van der Waals surface area contributed by atoms with Gasteiger partial charge >= 0.3 is 0 Å². The summed E-state index contributed by atoms with van der Waals surface area (Å²) in [7, 11) is 0. The van der Waals surface area contributed by atoms with Crippen molar-refractivity contribution < 1.29 is 9.59 Å². The van der Waals surface area contributed by atoms with Crippen molar-refractivity contribution in [2.75, 3.05) is 10.6 Å². The maximum Gasteiger partial charge on any atom is 0.257 e. The molecule has 4 rings (SSSR count). The van der Waals surface area contributed by atoms with Gasteiger partial charge in [-0.05, 0) is 49.4 Å². The van der Waals surface area contributed by atoms with Crippen LogP contribution < -0.4 is 10.6 Å². The van der Waals surface area contributed by atoms with E-state index < -0.39 is 5.91 Å². The first kappa shape index (κ1) is 20.3. The zero-order valence-electron chi connectivity index (χ0n) is 16.5. The zero-order chi connectivity index (χ0) is 21.8. The minimum Gasteiger partial charge on any atom is -0.343 e. The third-order valence-electron chi connectivity index (χ3n) is 4.51. The quantitative estimate of drug-likeness (QED) is 0.416.